The van der Waals surface area contributed by atoms with E-state index in [1.54, 1.807) is 0 Å². The van der Waals surface area contributed by atoms with Gasteiger partial charge in [-0.25, -0.2) is 0 Å². The molecule has 15 N–H and O–H groups in total. The molecule has 0 aliphatic carbocycles. The van der Waals surface area contributed by atoms with Gasteiger partial charge in [-0.05, 0) is 12.8 Å². The largest absolute Gasteiger partial charge is 0.480 e. The zero-order valence-corrected chi connectivity index (χ0v) is 19.3. The number of nitrogens with one attached hydrogen (secondary N) is 2. The minimum absolute atomic E-state index is 0.112. The first-order chi connectivity index (χ1) is 13.9. The number of guanidine groups is 1. The van der Waals surface area contributed by atoms with E-state index in [0.29, 0.717) is 32.4 Å². The molecule has 0 aromatic carbocycles. The fraction of sp³-hybridized carbons (Fsp3) is 0.733. The number of carbonyl (C=O) groups is 3. The Morgan fingerprint density at radius 1 is 0.967 bits per heavy atom. The van der Waals surface area contributed by atoms with Crippen molar-refractivity contribution in [2.45, 2.75) is 50.2 Å². The van der Waals surface area contributed by atoms with Crippen LogP contribution in [0.25, 0.3) is 0 Å². The minimum Gasteiger partial charge on any atom is -0.480 e. The van der Waals surface area contributed by atoms with Gasteiger partial charge in [0.2, 0.25) is 0 Å². The van der Waals surface area contributed by atoms with Gasteiger partial charge in [0.1, 0.15) is 12.1 Å². The summed E-state index contributed by atoms with van der Waals surface area (Å²) in [5, 5.41) is 33.6. The van der Waals surface area contributed by atoms with E-state index >= 15 is 0 Å². The maximum absolute atomic E-state index is 10.7. The van der Waals surface area contributed by atoms with Gasteiger partial charge in [0, 0.05) is 6.54 Å². The molecular weight excluding hydrogens is 465 g/mol. The molecule has 0 radical (unpaired) electrons. The van der Waals surface area contributed by atoms with Gasteiger partial charge in [0.05, 0.1) is 6.61 Å². The van der Waals surface area contributed by atoms with Crippen LogP contribution in [0.2, 0.25) is 0 Å². The first-order valence-corrected chi connectivity index (χ1v) is 9.95. The molecule has 0 saturated carbocycles. The van der Waals surface area contributed by atoms with Crippen molar-refractivity contribution < 1.29 is 33.4 Å². The van der Waals surface area contributed by atoms with Crippen LogP contribution in [0.5, 0.6) is 0 Å². The fourth-order valence-electron chi connectivity index (χ4n) is 1.46. The van der Waals surface area contributed by atoms with E-state index in [0.717, 1.165) is 30.0 Å². The van der Waals surface area contributed by atoms with E-state index in [1.807, 2.05) is 0 Å². The van der Waals surface area contributed by atoms with Crippen molar-refractivity contribution in [3.05, 3.63) is 0 Å². The maximum atomic E-state index is 10.7. The average Bonchev–Trinajstić information content (AvgIpc) is 2.70. The third-order valence-corrected chi connectivity index (χ3v) is 3.71. The Labute approximate surface area is 184 Å². The summed E-state index contributed by atoms with van der Waals surface area (Å²) in [6, 6.07) is -2.41. The number of hydrogen-bond donors (Lipinski definition) is 10. The van der Waals surface area contributed by atoms with Crippen molar-refractivity contribution in [1.29, 1.82) is 5.41 Å². The summed E-state index contributed by atoms with van der Waals surface area (Å²) in [5.41, 5.74) is 25.7. The number of unbranched alkanes of at least 4 members (excludes halogenated alkanes) is 1. The molecule has 178 valence electrons. The van der Waals surface area contributed by atoms with Gasteiger partial charge in [-0.15, -0.1) is 0 Å². The van der Waals surface area contributed by atoms with E-state index in [2.05, 4.69) is 9.04 Å². The van der Waals surface area contributed by atoms with Crippen molar-refractivity contribution in [1.82, 2.24) is 5.32 Å². The minimum atomic E-state index is -1.18. The second kappa shape index (κ2) is 21.7. The fourth-order valence-corrected chi connectivity index (χ4v) is 1.83. The van der Waals surface area contributed by atoms with E-state index in [4.69, 9.17) is 49.4 Å². The molecule has 0 heterocycles. The van der Waals surface area contributed by atoms with Gasteiger partial charge in [-0.2, -0.15) is 0 Å². The third kappa shape index (κ3) is 24.1. The van der Waals surface area contributed by atoms with Crippen LogP contribution in [0, 0.1) is 5.41 Å². The van der Waals surface area contributed by atoms with Gasteiger partial charge in [-0.3, -0.25) is 15.0 Å². The molecule has 0 rings (SSSR count). The predicted molar refractivity (Wildman–Crippen MR) is 113 cm³/mol. The number of carboxylic acid groups (broad SMARTS) is 2. The molecule has 0 aromatic rings. The summed E-state index contributed by atoms with van der Waals surface area (Å²) >= 11 is 0.928. The SMILES string of the molecule is N=C(N)NCCC[C@H](N)C(=O)O.NCCCC[C@H](N)C(=O)O[AsH2].N[C@@H](CO)C(=O)O. The molecule has 0 spiro atoms. The Hall–Kier alpha value is -1.96. The van der Waals surface area contributed by atoms with Crippen molar-refractivity contribution in [3.8, 4) is 0 Å². The van der Waals surface area contributed by atoms with Crippen LogP contribution < -0.4 is 34.0 Å². The zero-order chi connectivity index (χ0) is 24.1. The van der Waals surface area contributed by atoms with Crippen molar-refractivity contribution in [2.24, 2.45) is 28.7 Å². The normalized spacial score (nSPS) is 12.6. The van der Waals surface area contributed by atoms with Crippen LogP contribution in [0.4, 0.5) is 0 Å². The quantitative estimate of drug-likeness (QED) is 0.0523. The molecule has 30 heavy (non-hydrogen) atoms. The van der Waals surface area contributed by atoms with Gasteiger partial charge in [-0.1, -0.05) is 0 Å². The van der Waals surface area contributed by atoms with Crippen molar-refractivity contribution >= 4 is 41.1 Å². The van der Waals surface area contributed by atoms with Gasteiger partial charge in [0.25, 0.3) is 0 Å². The molecule has 0 saturated heterocycles. The Kier molecular flexibility index (Phi) is 23.7. The van der Waals surface area contributed by atoms with Crippen LogP contribution in [0.1, 0.15) is 32.1 Å². The average molecular weight is 501 g/mol. The number of carboxylic acids is 2. The smallest absolute Gasteiger partial charge is 0.322 e. The second-order valence-corrected chi connectivity index (χ2v) is 6.38. The van der Waals surface area contributed by atoms with Crippen LogP contribution in [0.15, 0.2) is 0 Å². The number of hydrogen-bond acceptors (Lipinski definition) is 10. The summed E-state index contributed by atoms with van der Waals surface area (Å²) < 4.78 is 4.51. The predicted octanol–water partition coefficient (Wildman–Crippen LogP) is -4.41. The van der Waals surface area contributed by atoms with E-state index < -0.39 is 36.7 Å². The van der Waals surface area contributed by atoms with Crippen LogP contribution in [-0.4, -0.2) is 94.2 Å². The molecule has 0 aliphatic rings. The number of nitrogens with two attached hydrogens (primary N) is 5. The first kappa shape index (κ1) is 32.7. The summed E-state index contributed by atoms with van der Waals surface area (Å²) in [6.45, 7) is 0.628. The molecule has 0 fully saturated rings. The summed E-state index contributed by atoms with van der Waals surface area (Å²) in [5.74, 6) is -2.61. The van der Waals surface area contributed by atoms with Gasteiger partial charge in [0.15, 0.2) is 5.96 Å². The van der Waals surface area contributed by atoms with Gasteiger partial charge >= 0.3 is 86.9 Å². The molecule has 1 unspecified atom stereocenters. The van der Waals surface area contributed by atoms with E-state index in [9.17, 15) is 14.4 Å². The number of carbonyl (C=O) groups excluding carboxylic acids is 1. The molecule has 15 heteroatoms. The Bertz CT molecular complexity index is 500. The number of aliphatic hydroxyl groups excluding tert-OH is 1. The second-order valence-electron chi connectivity index (χ2n) is 5.88. The molecule has 0 bridgehead atoms. The molecular formula is C15H36AsN7O7. The van der Waals surface area contributed by atoms with Crippen LogP contribution in [0.3, 0.4) is 0 Å². The molecule has 14 nitrogen and oxygen atoms in total. The Morgan fingerprint density at radius 3 is 1.80 bits per heavy atom. The third-order valence-electron chi connectivity index (χ3n) is 3.23. The summed E-state index contributed by atoms with van der Waals surface area (Å²) in [7, 11) is 0. The Balaban J connectivity index is -0.000000378. The number of aliphatic hydroxyl groups is 1. The van der Waals surface area contributed by atoms with Crippen LogP contribution in [-0.2, 0) is 18.1 Å². The van der Waals surface area contributed by atoms with Gasteiger partial charge < -0.3 is 37.8 Å². The zero-order valence-electron chi connectivity index (χ0n) is 16.8. The number of aliphatic carboxylic acids is 2. The Morgan fingerprint density at radius 2 is 1.47 bits per heavy atom. The molecule has 0 aliphatic heterocycles. The monoisotopic (exact) mass is 501 g/mol. The first-order valence-electron chi connectivity index (χ1n) is 8.96. The molecule has 0 amide bonds. The summed E-state index contributed by atoms with van der Waals surface area (Å²) in [6.07, 6.45) is 3.44. The topological polar surface area (TPSA) is 287 Å². The molecule has 0 aromatic heterocycles. The summed E-state index contributed by atoms with van der Waals surface area (Å²) in [4.78, 5) is 30.6. The van der Waals surface area contributed by atoms with Crippen LogP contribution >= 0.6 is 0 Å². The van der Waals surface area contributed by atoms with E-state index in [-0.39, 0.29) is 11.9 Å². The van der Waals surface area contributed by atoms with Crippen molar-refractivity contribution in [2.75, 3.05) is 19.7 Å². The number of rotatable bonds is 12. The molecule has 4 atom stereocenters. The maximum Gasteiger partial charge on any atom is 0.322 e. The van der Waals surface area contributed by atoms with E-state index in [1.165, 1.54) is 0 Å². The standard InChI is InChI=1S/C6H15AsN2O2.C6H14N4O2.C3H7NO3/c7-11-6(10)5(9)3-1-2-4-8;7-4(5(11)12)2-1-3-10-6(8)9;4-2(1-5)3(6)7/h5H,1-4,7-9H2;4H,1-3,7H2,(H,11,12)(H4,8,9,10);2,5H,1,4H2,(H,6,7)/t5-;4-;2-/m000/s1. The van der Waals surface area contributed by atoms with Crippen molar-refractivity contribution in [3.63, 3.8) is 0 Å².